The lowest BCUT2D eigenvalue weighted by atomic mass is 10.1. The van der Waals surface area contributed by atoms with Gasteiger partial charge in [-0.05, 0) is 43.7 Å². The van der Waals surface area contributed by atoms with E-state index in [0.29, 0.717) is 17.3 Å². The molecule has 0 aliphatic rings. The minimum Gasteiger partial charge on any atom is -0.355 e. The number of carbonyl (C=O) groups excluding carboxylic acids is 2. The fourth-order valence-corrected chi connectivity index (χ4v) is 4.01. The van der Waals surface area contributed by atoms with Gasteiger partial charge in [-0.25, -0.2) is 8.42 Å². The number of amides is 2. The summed E-state index contributed by atoms with van der Waals surface area (Å²) < 4.78 is 25.7. The van der Waals surface area contributed by atoms with Crippen molar-refractivity contribution in [1.29, 1.82) is 0 Å². The molecular formula is C21H26ClN3O4S. The van der Waals surface area contributed by atoms with Gasteiger partial charge in [0.2, 0.25) is 21.8 Å². The average molecular weight is 452 g/mol. The minimum atomic E-state index is -3.72. The lowest BCUT2D eigenvalue weighted by Crippen LogP contribution is -2.51. The number of benzene rings is 2. The molecule has 0 aromatic heterocycles. The predicted molar refractivity (Wildman–Crippen MR) is 119 cm³/mol. The summed E-state index contributed by atoms with van der Waals surface area (Å²) in [6.07, 6.45) is 1.04. The molecule has 2 amide bonds. The standard InChI is InChI=1S/C21H26ClN3O4S/c1-4-23-21(27)16(2)24(14-17-9-8-10-18(22)13-17)20(26)15-25(30(3,28)29)19-11-6-5-7-12-19/h5-13,16H,4,14-15H2,1-3H3,(H,23,27)/t16-/m0/s1. The Hall–Kier alpha value is -2.58. The molecule has 0 spiro atoms. The van der Waals surface area contributed by atoms with Crippen molar-refractivity contribution < 1.29 is 18.0 Å². The van der Waals surface area contributed by atoms with Crippen LogP contribution < -0.4 is 9.62 Å². The molecule has 0 aliphatic carbocycles. The van der Waals surface area contributed by atoms with E-state index in [-0.39, 0.29) is 12.5 Å². The Balaban J connectivity index is 2.35. The SMILES string of the molecule is CCNC(=O)[C@H](C)N(Cc1cccc(Cl)c1)C(=O)CN(c1ccccc1)S(C)(=O)=O. The first-order valence-electron chi connectivity index (χ1n) is 9.48. The van der Waals surface area contributed by atoms with Gasteiger partial charge in [0.15, 0.2) is 0 Å². The van der Waals surface area contributed by atoms with Gasteiger partial charge in [0, 0.05) is 18.1 Å². The molecule has 0 unspecified atom stereocenters. The van der Waals surface area contributed by atoms with Crippen LogP contribution in [0.4, 0.5) is 5.69 Å². The first-order chi connectivity index (χ1) is 14.1. The number of nitrogens with zero attached hydrogens (tertiary/aromatic N) is 2. The summed E-state index contributed by atoms with van der Waals surface area (Å²) in [5.41, 5.74) is 1.11. The molecule has 1 N–H and O–H groups in total. The first kappa shape index (κ1) is 23.7. The van der Waals surface area contributed by atoms with Crippen molar-refractivity contribution in [3.8, 4) is 0 Å². The average Bonchev–Trinajstić information content (AvgIpc) is 2.69. The monoisotopic (exact) mass is 451 g/mol. The van der Waals surface area contributed by atoms with E-state index >= 15 is 0 Å². The van der Waals surface area contributed by atoms with Crippen molar-refractivity contribution >= 4 is 39.1 Å². The number of para-hydroxylation sites is 1. The molecule has 0 saturated carbocycles. The van der Waals surface area contributed by atoms with E-state index in [1.54, 1.807) is 68.4 Å². The smallest absolute Gasteiger partial charge is 0.244 e. The first-order valence-corrected chi connectivity index (χ1v) is 11.7. The van der Waals surface area contributed by atoms with Crippen LogP contribution in [-0.2, 0) is 26.2 Å². The normalized spacial score (nSPS) is 12.1. The molecule has 0 radical (unpaired) electrons. The van der Waals surface area contributed by atoms with Crippen molar-refractivity contribution in [2.75, 3.05) is 23.7 Å². The number of likely N-dealkylation sites (N-methyl/N-ethyl adjacent to an activating group) is 1. The molecule has 7 nitrogen and oxygen atoms in total. The van der Waals surface area contributed by atoms with Gasteiger partial charge < -0.3 is 10.2 Å². The summed E-state index contributed by atoms with van der Waals surface area (Å²) in [5, 5.41) is 3.21. The van der Waals surface area contributed by atoms with Crippen molar-refractivity contribution in [3.05, 3.63) is 65.2 Å². The number of sulfonamides is 1. The molecule has 0 saturated heterocycles. The van der Waals surface area contributed by atoms with Gasteiger partial charge in [-0.2, -0.15) is 0 Å². The van der Waals surface area contributed by atoms with Crippen LogP contribution in [-0.4, -0.2) is 50.5 Å². The van der Waals surface area contributed by atoms with E-state index in [1.807, 2.05) is 0 Å². The summed E-state index contributed by atoms with van der Waals surface area (Å²) in [6.45, 7) is 3.51. The van der Waals surface area contributed by atoms with E-state index < -0.39 is 28.5 Å². The second-order valence-corrected chi connectivity index (χ2v) is 9.17. The van der Waals surface area contributed by atoms with Gasteiger partial charge in [0.05, 0.1) is 11.9 Å². The fourth-order valence-electron chi connectivity index (χ4n) is 2.94. The molecule has 2 aromatic carbocycles. The number of nitrogens with one attached hydrogen (secondary N) is 1. The van der Waals surface area contributed by atoms with Crippen LogP contribution in [0.15, 0.2) is 54.6 Å². The number of rotatable bonds is 9. The molecule has 0 fully saturated rings. The Bertz CT molecular complexity index is 983. The minimum absolute atomic E-state index is 0.115. The van der Waals surface area contributed by atoms with Crippen LogP contribution >= 0.6 is 11.6 Å². The van der Waals surface area contributed by atoms with Crippen LogP contribution in [0.25, 0.3) is 0 Å². The third-order valence-electron chi connectivity index (χ3n) is 4.48. The van der Waals surface area contributed by atoms with E-state index in [9.17, 15) is 18.0 Å². The van der Waals surface area contributed by atoms with Crippen molar-refractivity contribution in [1.82, 2.24) is 10.2 Å². The molecule has 9 heteroatoms. The molecule has 0 heterocycles. The van der Waals surface area contributed by atoms with Gasteiger partial charge in [-0.15, -0.1) is 0 Å². The van der Waals surface area contributed by atoms with E-state index in [0.717, 1.165) is 16.1 Å². The van der Waals surface area contributed by atoms with E-state index in [1.165, 1.54) is 4.90 Å². The van der Waals surface area contributed by atoms with Gasteiger partial charge in [-0.1, -0.05) is 41.9 Å². The fraction of sp³-hybridized carbons (Fsp3) is 0.333. The second-order valence-electron chi connectivity index (χ2n) is 6.83. The highest BCUT2D eigenvalue weighted by atomic mass is 35.5. The Kier molecular flexibility index (Phi) is 8.25. The second kappa shape index (κ2) is 10.4. The molecule has 0 bridgehead atoms. The van der Waals surface area contributed by atoms with Crippen LogP contribution in [0.3, 0.4) is 0 Å². The summed E-state index contributed by atoms with van der Waals surface area (Å²) in [5.74, 6) is -0.818. The van der Waals surface area contributed by atoms with Crippen molar-refractivity contribution in [2.45, 2.75) is 26.4 Å². The van der Waals surface area contributed by atoms with Crippen LogP contribution in [0.1, 0.15) is 19.4 Å². The molecule has 30 heavy (non-hydrogen) atoms. The summed E-state index contributed by atoms with van der Waals surface area (Å²) >= 11 is 6.05. The largest absolute Gasteiger partial charge is 0.355 e. The summed E-state index contributed by atoms with van der Waals surface area (Å²) in [7, 11) is -3.72. The molecular weight excluding hydrogens is 426 g/mol. The maximum atomic E-state index is 13.2. The van der Waals surface area contributed by atoms with Gasteiger partial charge in [-0.3, -0.25) is 13.9 Å². The Morgan fingerprint density at radius 1 is 1.10 bits per heavy atom. The predicted octanol–water partition coefficient (Wildman–Crippen LogP) is 2.66. The van der Waals surface area contributed by atoms with Crippen molar-refractivity contribution in [3.63, 3.8) is 0 Å². The number of anilines is 1. The number of carbonyl (C=O) groups is 2. The molecule has 162 valence electrons. The Morgan fingerprint density at radius 2 is 1.77 bits per heavy atom. The maximum absolute atomic E-state index is 13.2. The summed E-state index contributed by atoms with van der Waals surface area (Å²) in [6, 6.07) is 14.5. The van der Waals surface area contributed by atoms with Crippen molar-refractivity contribution in [2.24, 2.45) is 0 Å². The number of halogens is 1. The highest BCUT2D eigenvalue weighted by Gasteiger charge is 2.29. The molecule has 2 rings (SSSR count). The van der Waals surface area contributed by atoms with E-state index in [2.05, 4.69) is 5.32 Å². The summed E-state index contributed by atoms with van der Waals surface area (Å²) in [4.78, 5) is 27.0. The third kappa shape index (κ3) is 6.47. The lowest BCUT2D eigenvalue weighted by molar-refractivity contribution is -0.139. The Labute approximate surface area is 182 Å². The zero-order valence-electron chi connectivity index (χ0n) is 17.2. The third-order valence-corrected chi connectivity index (χ3v) is 5.86. The quantitative estimate of drug-likeness (QED) is 0.635. The Morgan fingerprint density at radius 3 is 2.33 bits per heavy atom. The lowest BCUT2D eigenvalue weighted by Gasteiger charge is -2.31. The topological polar surface area (TPSA) is 86.8 Å². The molecule has 0 aliphatic heterocycles. The van der Waals surface area contributed by atoms with Crippen LogP contribution in [0.2, 0.25) is 5.02 Å². The van der Waals surface area contributed by atoms with E-state index in [4.69, 9.17) is 11.6 Å². The zero-order chi connectivity index (χ0) is 22.3. The van der Waals surface area contributed by atoms with Crippen LogP contribution in [0.5, 0.6) is 0 Å². The maximum Gasteiger partial charge on any atom is 0.244 e. The van der Waals surface area contributed by atoms with Gasteiger partial charge in [0.25, 0.3) is 0 Å². The van der Waals surface area contributed by atoms with Gasteiger partial charge >= 0.3 is 0 Å². The number of hydrogen-bond donors (Lipinski definition) is 1. The van der Waals surface area contributed by atoms with Gasteiger partial charge in [0.1, 0.15) is 12.6 Å². The molecule has 2 aromatic rings. The highest BCUT2D eigenvalue weighted by Crippen LogP contribution is 2.19. The highest BCUT2D eigenvalue weighted by molar-refractivity contribution is 7.92. The zero-order valence-corrected chi connectivity index (χ0v) is 18.8. The number of hydrogen-bond acceptors (Lipinski definition) is 4. The van der Waals surface area contributed by atoms with Crippen LogP contribution in [0, 0.1) is 0 Å². The molecule has 1 atom stereocenters.